The van der Waals surface area contributed by atoms with Crippen LogP contribution in [0.1, 0.15) is 92.7 Å². The monoisotopic (exact) mass is 456 g/mol. The van der Waals surface area contributed by atoms with Crippen LogP contribution in [0.15, 0.2) is 48.5 Å². The van der Waals surface area contributed by atoms with Crippen LogP contribution in [0.25, 0.3) is 22.3 Å². The standard InChI is InChI=1S/C31H36O3/c1-20-12-15-25(26-18-23(13-16-28(26)32)21-8-4-2-5-9-21)30(31(20)34)27-19-24(14-17-29(27)33)22-10-6-3-7-11-22/h12-19,21-22,32-34H,2-11H2,1H3. The van der Waals surface area contributed by atoms with E-state index in [0.29, 0.717) is 23.0 Å². The summed E-state index contributed by atoms with van der Waals surface area (Å²) in [6, 6.07) is 15.7. The molecule has 3 nitrogen and oxygen atoms in total. The van der Waals surface area contributed by atoms with E-state index in [4.69, 9.17) is 0 Å². The number of hydrogen-bond donors (Lipinski definition) is 3. The molecule has 0 aliphatic heterocycles. The van der Waals surface area contributed by atoms with Crippen molar-refractivity contribution in [1.82, 2.24) is 0 Å². The summed E-state index contributed by atoms with van der Waals surface area (Å²) >= 11 is 0. The number of aryl methyl sites for hydroxylation is 1. The molecule has 0 saturated heterocycles. The molecule has 0 bridgehead atoms. The van der Waals surface area contributed by atoms with Crippen molar-refractivity contribution in [1.29, 1.82) is 0 Å². The van der Waals surface area contributed by atoms with Gasteiger partial charge in [0, 0.05) is 16.7 Å². The van der Waals surface area contributed by atoms with Gasteiger partial charge in [0.1, 0.15) is 17.2 Å². The van der Waals surface area contributed by atoms with Crippen molar-refractivity contribution in [3.63, 3.8) is 0 Å². The third-order valence-corrected chi connectivity index (χ3v) is 8.13. The zero-order valence-corrected chi connectivity index (χ0v) is 20.2. The largest absolute Gasteiger partial charge is 0.507 e. The molecule has 3 N–H and O–H groups in total. The molecular weight excluding hydrogens is 420 g/mol. The van der Waals surface area contributed by atoms with Crippen LogP contribution in [0.2, 0.25) is 0 Å². The molecule has 3 aromatic carbocycles. The lowest BCUT2D eigenvalue weighted by atomic mass is 9.81. The fourth-order valence-electron chi connectivity index (χ4n) is 6.10. The SMILES string of the molecule is Cc1ccc(-c2cc(C3CCCCC3)ccc2O)c(-c2cc(C3CCCCC3)ccc2O)c1O. The first kappa shape index (κ1) is 22.8. The number of hydrogen-bond acceptors (Lipinski definition) is 3. The zero-order valence-electron chi connectivity index (χ0n) is 20.2. The smallest absolute Gasteiger partial charge is 0.127 e. The molecule has 0 unspecified atom stereocenters. The first-order chi connectivity index (χ1) is 16.5. The molecule has 0 atom stereocenters. The Morgan fingerprint density at radius 3 is 1.62 bits per heavy atom. The average molecular weight is 457 g/mol. The van der Waals surface area contributed by atoms with Gasteiger partial charge in [0.2, 0.25) is 0 Å². The fraction of sp³-hybridized carbons (Fsp3) is 0.419. The van der Waals surface area contributed by atoms with Gasteiger partial charge in [-0.05, 0) is 91.0 Å². The van der Waals surface area contributed by atoms with Gasteiger partial charge in [0.05, 0.1) is 0 Å². The second kappa shape index (κ2) is 9.74. The molecule has 2 fully saturated rings. The van der Waals surface area contributed by atoms with Gasteiger partial charge in [0.25, 0.3) is 0 Å². The first-order valence-electron chi connectivity index (χ1n) is 13.0. The van der Waals surface area contributed by atoms with Crippen LogP contribution in [0.4, 0.5) is 0 Å². The maximum atomic E-state index is 11.2. The van der Waals surface area contributed by atoms with Gasteiger partial charge >= 0.3 is 0 Å². The maximum absolute atomic E-state index is 11.2. The van der Waals surface area contributed by atoms with Crippen LogP contribution in [0.5, 0.6) is 17.2 Å². The van der Waals surface area contributed by atoms with Gasteiger partial charge in [-0.1, -0.05) is 62.8 Å². The van der Waals surface area contributed by atoms with Crippen LogP contribution < -0.4 is 0 Å². The quantitative estimate of drug-likeness (QED) is 0.368. The van der Waals surface area contributed by atoms with E-state index in [1.54, 1.807) is 12.1 Å². The van der Waals surface area contributed by atoms with Gasteiger partial charge in [-0.25, -0.2) is 0 Å². The van der Waals surface area contributed by atoms with Crippen molar-refractivity contribution in [2.75, 3.05) is 0 Å². The van der Waals surface area contributed by atoms with Crippen LogP contribution >= 0.6 is 0 Å². The highest BCUT2D eigenvalue weighted by Gasteiger charge is 2.23. The second-order valence-electron chi connectivity index (χ2n) is 10.4. The lowest BCUT2D eigenvalue weighted by Gasteiger charge is -2.24. The van der Waals surface area contributed by atoms with Gasteiger partial charge in [0.15, 0.2) is 0 Å². The van der Waals surface area contributed by atoms with E-state index in [1.807, 2.05) is 31.2 Å². The summed E-state index contributed by atoms with van der Waals surface area (Å²) in [5.41, 5.74) is 5.94. The summed E-state index contributed by atoms with van der Waals surface area (Å²) in [5.74, 6) is 1.53. The molecule has 3 heteroatoms. The molecule has 0 aromatic heterocycles. The molecule has 2 saturated carbocycles. The van der Waals surface area contributed by atoms with Gasteiger partial charge in [-0.3, -0.25) is 0 Å². The van der Waals surface area contributed by atoms with Crippen LogP contribution in [0, 0.1) is 6.92 Å². The molecule has 178 valence electrons. The third kappa shape index (κ3) is 4.41. The van der Waals surface area contributed by atoms with E-state index in [1.165, 1.54) is 75.3 Å². The maximum Gasteiger partial charge on any atom is 0.127 e. The Hall–Kier alpha value is -2.94. The van der Waals surface area contributed by atoms with Crippen LogP contribution in [-0.2, 0) is 0 Å². The molecule has 3 aromatic rings. The normalized spacial score (nSPS) is 17.7. The molecule has 0 amide bonds. The highest BCUT2D eigenvalue weighted by atomic mass is 16.3. The summed E-state index contributed by atoms with van der Waals surface area (Å²) < 4.78 is 0. The van der Waals surface area contributed by atoms with Crippen molar-refractivity contribution in [2.24, 2.45) is 0 Å². The second-order valence-corrected chi connectivity index (χ2v) is 10.4. The lowest BCUT2D eigenvalue weighted by molar-refractivity contribution is 0.441. The van der Waals surface area contributed by atoms with Crippen molar-refractivity contribution < 1.29 is 15.3 Å². The van der Waals surface area contributed by atoms with Crippen molar-refractivity contribution in [2.45, 2.75) is 83.0 Å². The number of phenolic OH excluding ortho intramolecular Hbond substituents is 3. The minimum atomic E-state index is 0.157. The molecule has 0 spiro atoms. The van der Waals surface area contributed by atoms with Gasteiger partial charge in [-0.15, -0.1) is 0 Å². The van der Waals surface area contributed by atoms with E-state index >= 15 is 0 Å². The van der Waals surface area contributed by atoms with E-state index in [2.05, 4.69) is 12.1 Å². The highest BCUT2D eigenvalue weighted by molar-refractivity contribution is 5.92. The number of benzene rings is 3. The molecule has 5 rings (SSSR count). The summed E-state index contributed by atoms with van der Waals surface area (Å²) in [4.78, 5) is 0. The molecular formula is C31H36O3. The Morgan fingerprint density at radius 1 is 0.559 bits per heavy atom. The number of phenols is 3. The van der Waals surface area contributed by atoms with Gasteiger partial charge in [-0.2, -0.15) is 0 Å². The minimum Gasteiger partial charge on any atom is -0.507 e. The molecule has 0 heterocycles. The zero-order chi connectivity index (χ0) is 23.7. The lowest BCUT2D eigenvalue weighted by Crippen LogP contribution is -2.05. The average Bonchev–Trinajstić information content (AvgIpc) is 2.88. The number of aromatic hydroxyl groups is 3. The Kier molecular flexibility index (Phi) is 6.54. The Labute approximate surface area is 203 Å². The Balaban J connectivity index is 1.64. The van der Waals surface area contributed by atoms with Crippen LogP contribution in [0.3, 0.4) is 0 Å². The molecule has 0 radical (unpaired) electrons. The molecule has 2 aliphatic rings. The fourth-order valence-corrected chi connectivity index (χ4v) is 6.10. The van der Waals surface area contributed by atoms with E-state index in [0.717, 1.165) is 16.7 Å². The van der Waals surface area contributed by atoms with Crippen molar-refractivity contribution in [3.8, 4) is 39.5 Å². The highest BCUT2D eigenvalue weighted by Crippen LogP contribution is 2.48. The van der Waals surface area contributed by atoms with Crippen molar-refractivity contribution in [3.05, 3.63) is 65.2 Å². The molecule has 2 aliphatic carbocycles. The van der Waals surface area contributed by atoms with E-state index in [9.17, 15) is 15.3 Å². The predicted octanol–water partition coefficient (Wildman–Crippen LogP) is 8.54. The topological polar surface area (TPSA) is 60.7 Å². The summed E-state index contributed by atoms with van der Waals surface area (Å²) in [5, 5.41) is 33.1. The minimum absolute atomic E-state index is 0.157. The molecule has 34 heavy (non-hydrogen) atoms. The number of rotatable bonds is 4. The summed E-state index contributed by atoms with van der Waals surface area (Å²) in [7, 11) is 0. The first-order valence-corrected chi connectivity index (χ1v) is 13.0. The summed E-state index contributed by atoms with van der Waals surface area (Å²) in [6.07, 6.45) is 12.3. The Bertz CT molecular complexity index is 1170. The van der Waals surface area contributed by atoms with Gasteiger partial charge < -0.3 is 15.3 Å². The Morgan fingerprint density at radius 2 is 1.06 bits per heavy atom. The summed E-state index contributed by atoms with van der Waals surface area (Å²) in [6.45, 7) is 1.88. The van der Waals surface area contributed by atoms with Crippen molar-refractivity contribution >= 4 is 0 Å². The predicted molar refractivity (Wildman–Crippen MR) is 139 cm³/mol. The third-order valence-electron chi connectivity index (χ3n) is 8.13. The van der Waals surface area contributed by atoms with Crippen LogP contribution in [-0.4, -0.2) is 15.3 Å². The van der Waals surface area contributed by atoms with E-state index < -0.39 is 0 Å². The van der Waals surface area contributed by atoms with E-state index in [-0.39, 0.29) is 17.2 Å².